The van der Waals surface area contributed by atoms with Crippen LogP contribution < -0.4 is 0 Å². The third-order valence-electron chi connectivity index (χ3n) is 3.39. The Morgan fingerprint density at radius 2 is 0.889 bits per heavy atom. The van der Waals surface area contributed by atoms with Crippen LogP contribution in [-0.4, -0.2) is 0 Å². The monoisotopic (exact) mass is 256 g/mol. The zero-order chi connectivity index (χ0) is 15.5. The summed E-state index contributed by atoms with van der Waals surface area (Å²) in [6.45, 7) is 26.4. The average molecular weight is 257 g/mol. The molecule has 0 aliphatic rings. The maximum absolute atomic E-state index is 2.24. The summed E-state index contributed by atoms with van der Waals surface area (Å²) < 4.78 is 0. The third kappa shape index (κ3) is 29.6. The summed E-state index contributed by atoms with van der Waals surface area (Å²) in [6, 6.07) is 0. The van der Waals surface area contributed by atoms with Crippen molar-refractivity contribution in [2.75, 3.05) is 0 Å². The molecular weight excluding hydrogens is 216 g/mol. The van der Waals surface area contributed by atoms with Crippen LogP contribution in [0.1, 0.15) is 89.5 Å². The number of allylic oxidation sites excluding steroid dienone is 2. The molecule has 0 heteroatoms. The molecule has 0 saturated heterocycles. The lowest BCUT2D eigenvalue weighted by Crippen LogP contribution is -2.00. The molecule has 0 N–H and O–H groups in total. The fourth-order valence-corrected chi connectivity index (χ4v) is 0. The molecule has 0 radical (unpaired) electrons. The van der Waals surface area contributed by atoms with E-state index < -0.39 is 0 Å². The van der Waals surface area contributed by atoms with Crippen molar-refractivity contribution >= 4 is 0 Å². The minimum Gasteiger partial charge on any atom is -0.0778 e. The normalized spacial score (nSPS) is 10.3. The summed E-state index contributed by atoms with van der Waals surface area (Å²) >= 11 is 0. The van der Waals surface area contributed by atoms with Gasteiger partial charge >= 0.3 is 0 Å². The summed E-state index contributed by atoms with van der Waals surface area (Å²) in [5, 5.41) is 0. The van der Waals surface area contributed by atoms with E-state index in [1.54, 1.807) is 0 Å². The van der Waals surface area contributed by atoms with Crippen LogP contribution in [0.3, 0.4) is 0 Å². The molecule has 0 unspecified atom stereocenters. The van der Waals surface area contributed by atoms with E-state index in [0.29, 0.717) is 5.41 Å². The highest BCUT2D eigenvalue weighted by molar-refractivity contribution is 5.02. The van der Waals surface area contributed by atoms with E-state index in [1.165, 1.54) is 17.6 Å². The van der Waals surface area contributed by atoms with Crippen LogP contribution in [0.25, 0.3) is 0 Å². The molecular formula is C18H40. The largest absolute Gasteiger partial charge is 0.0778 e. The Morgan fingerprint density at radius 3 is 0.889 bits per heavy atom. The van der Waals surface area contributed by atoms with E-state index in [-0.39, 0.29) is 0 Å². The molecule has 0 rings (SSSR count). The molecule has 0 atom stereocenters. The number of hydrogen-bond acceptors (Lipinski definition) is 0. The zero-order valence-corrected chi connectivity index (χ0v) is 15.4. The van der Waals surface area contributed by atoms with Crippen LogP contribution in [0.4, 0.5) is 0 Å². The standard InChI is InChI=1S/2C6H14.C6H12/c1-5-6(2,3)4;2*1-5(2)6(3)4/h5H2,1-4H3;5-6H,1-4H3;1-4H3. The maximum Gasteiger partial charge on any atom is -0.0385 e. The van der Waals surface area contributed by atoms with Crippen molar-refractivity contribution in [2.24, 2.45) is 17.3 Å². The topological polar surface area (TPSA) is 0 Å². The smallest absolute Gasteiger partial charge is 0.0385 e. The molecule has 0 aromatic heterocycles. The van der Waals surface area contributed by atoms with E-state index in [0.717, 1.165) is 11.8 Å². The van der Waals surface area contributed by atoms with E-state index in [4.69, 9.17) is 0 Å². The average Bonchev–Trinajstić information content (AvgIpc) is 2.18. The number of rotatable bonds is 1. The predicted octanol–water partition coefficient (Wildman–Crippen LogP) is 7.10. The van der Waals surface area contributed by atoms with Gasteiger partial charge in [-0.2, -0.15) is 0 Å². The molecule has 0 saturated carbocycles. The van der Waals surface area contributed by atoms with Crippen LogP contribution in [0.5, 0.6) is 0 Å². The lowest BCUT2D eigenvalue weighted by Gasteiger charge is -2.12. The Balaban J connectivity index is -0.000000187. The van der Waals surface area contributed by atoms with Gasteiger partial charge in [-0.3, -0.25) is 0 Å². The van der Waals surface area contributed by atoms with Gasteiger partial charge in [0.1, 0.15) is 0 Å². The van der Waals surface area contributed by atoms with Gasteiger partial charge in [-0.1, -0.05) is 73.0 Å². The van der Waals surface area contributed by atoms with Crippen molar-refractivity contribution in [1.29, 1.82) is 0 Å². The molecule has 0 aliphatic heterocycles. The lowest BCUT2D eigenvalue weighted by atomic mass is 9.94. The van der Waals surface area contributed by atoms with Gasteiger partial charge in [-0.25, -0.2) is 0 Å². The lowest BCUT2D eigenvalue weighted by molar-refractivity contribution is 0.398. The molecule has 0 aromatic rings. The first-order chi connectivity index (χ1) is 7.85. The summed E-state index contributed by atoms with van der Waals surface area (Å²) in [5.41, 5.74) is 3.39. The van der Waals surface area contributed by atoms with Crippen molar-refractivity contribution in [1.82, 2.24) is 0 Å². The summed E-state index contributed by atoms with van der Waals surface area (Å²) in [7, 11) is 0. The van der Waals surface area contributed by atoms with Gasteiger partial charge in [0.25, 0.3) is 0 Å². The van der Waals surface area contributed by atoms with Gasteiger partial charge in [0.05, 0.1) is 0 Å². The summed E-state index contributed by atoms with van der Waals surface area (Å²) in [4.78, 5) is 0. The molecule has 0 spiro atoms. The van der Waals surface area contributed by atoms with Crippen molar-refractivity contribution in [2.45, 2.75) is 89.5 Å². The van der Waals surface area contributed by atoms with Crippen LogP contribution in [0.15, 0.2) is 11.1 Å². The quantitative estimate of drug-likeness (QED) is 0.439. The second kappa shape index (κ2) is 11.8. The van der Waals surface area contributed by atoms with E-state index in [2.05, 4.69) is 83.1 Å². The van der Waals surface area contributed by atoms with Gasteiger partial charge < -0.3 is 0 Å². The minimum atomic E-state index is 0.542. The van der Waals surface area contributed by atoms with Crippen molar-refractivity contribution in [3.8, 4) is 0 Å². The van der Waals surface area contributed by atoms with Crippen molar-refractivity contribution in [3.63, 3.8) is 0 Å². The van der Waals surface area contributed by atoms with E-state index in [1.807, 2.05) is 0 Å². The third-order valence-corrected chi connectivity index (χ3v) is 3.39. The van der Waals surface area contributed by atoms with Crippen molar-refractivity contribution in [3.05, 3.63) is 11.1 Å². The van der Waals surface area contributed by atoms with Crippen molar-refractivity contribution < 1.29 is 0 Å². The zero-order valence-electron chi connectivity index (χ0n) is 15.4. The fourth-order valence-electron chi connectivity index (χ4n) is 0. The first-order valence-corrected chi connectivity index (χ1v) is 7.45. The Bertz CT molecular complexity index is 175. The second-order valence-electron chi connectivity index (χ2n) is 7.40. The predicted molar refractivity (Wildman–Crippen MR) is 89.1 cm³/mol. The molecule has 0 fully saturated rings. The Kier molecular flexibility index (Phi) is 15.0. The summed E-state index contributed by atoms with van der Waals surface area (Å²) in [5.74, 6) is 1.70. The molecule has 0 bridgehead atoms. The molecule has 112 valence electrons. The van der Waals surface area contributed by atoms with Crippen LogP contribution in [-0.2, 0) is 0 Å². The van der Waals surface area contributed by atoms with Gasteiger partial charge in [-0.05, 0) is 44.9 Å². The van der Waals surface area contributed by atoms with Gasteiger partial charge in [-0.15, -0.1) is 0 Å². The number of hydrogen-bond donors (Lipinski definition) is 0. The van der Waals surface area contributed by atoms with Gasteiger partial charge in [0, 0.05) is 0 Å². The first-order valence-electron chi connectivity index (χ1n) is 7.45. The molecule has 0 aliphatic carbocycles. The van der Waals surface area contributed by atoms with E-state index in [9.17, 15) is 0 Å². The summed E-state index contributed by atoms with van der Waals surface area (Å²) in [6.07, 6.45) is 1.27. The Hall–Kier alpha value is -0.260. The first kappa shape index (κ1) is 22.9. The molecule has 0 amide bonds. The van der Waals surface area contributed by atoms with E-state index >= 15 is 0 Å². The highest BCUT2D eigenvalue weighted by Gasteiger charge is 2.03. The highest BCUT2D eigenvalue weighted by Crippen LogP contribution is 2.16. The van der Waals surface area contributed by atoms with Gasteiger partial charge in [0.2, 0.25) is 0 Å². The molecule has 0 aromatic carbocycles. The minimum absolute atomic E-state index is 0.542. The SMILES string of the molecule is CC(C)=C(C)C.CC(C)C(C)C.CCC(C)(C)C. The Labute approximate surface area is 118 Å². The van der Waals surface area contributed by atoms with Crippen LogP contribution in [0, 0.1) is 17.3 Å². The van der Waals surface area contributed by atoms with Gasteiger partial charge in [0.15, 0.2) is 0 Å². The van der Waals surface area contributed by atoms with Crippen LogP contribution >= 0.6 is 0 Å². The van der Waals surface area contributed by atoms with Crippen LogP contribution in [0.2, 0.25) is 0 Å². The highest BCUT2D eigenvalue weighted by atomic mass is 14.1. The molecule has 0 nitrogen and oxygen atoms in total. The molecule has 0 heterocycles. The second-order valence-corrected chi connectivity index (χ2v) is 7.40. The Morgan fingerprint density at radius 1 is 0.722 bits per heavy atom. The maximum atomic E-state index is 2.24. The fraction of sp³-hybridized carbons (Fsp3) is 0.889. The molecule has 18 heavy (non-hydrogen) atoms.